The van der Waals surface area contributed by atoms with E-state index in [2.05, 4.69) is 47.6 Å². The van der Waals surface area contributed by atoms with Crippen molar-refractivity contribution in [1.82, 2.24) is 15.5 Å². The van der Waals surface area contributed by atoms with Gasteiger partial charge < -0.3 is 5.32 Å². The zero-order valence-corrected chi connectivity index (χ0v) is 10.4. The van der Waals surface area contributed by atoms with Crippen molar-refractivity contribution in [1.29, 1.82) is 0 Å². The van der Waals surface area contributed by atoms with Crippen LogP contribution in [0.5, 0.6) is 0 Å². The van der Waals surface area contributed by atoms with E-state index < -0.39 is 0 Å². The van der Waals surface area contributed by atoms with E-state index >= 15 is 0 Å². The number of hydrogen-bond acceptors (Lipinski definition) is 3. The summed E-state index contributed by atoms with van der Waals surface area (Å²) in [6, 6.07) is 8.68. The lowest BCUT2D eigenvalue weighted by Gasteiger charge is -2.19. The Kier molecular flexibility index (Phi) is 3.49. The van der Waals surface area contributed by atoms with Crippen LogP contribution in [0.25, 0.3) is 0 Å². The zero-order chi connectivity index (χ0) is 12.3. The molecule has 2 aromatic rings. The molecule has 0 radical (unpaired) electrons. The molecule has 1 unspecified atom stereocenters. The zero-order valence-electron chi connectivity index (χ0n) is 10.4. The minimum atomic E-state index is 0.172. The topological polar surface area (TPSA) is 37.8 Å². The first-order valence-corrected chi connectivity index (χ1v) is 5.73. The van der Waals surface area contributed by atoms with Gasteiger partial charge in [0.2, 0.25) is 0 Å². The Morgan fingerprint density at radius 1 is 1.12 bits per heavy atom. The Hall–Kier alpha value is -1.74. The van der Waals surface area contributed by atoms with Crippen LogP contribution >= 0.6 is 0 Å². The summed E-state index contributed by atoms with van der Waals surface area (Å²) < 4.78 is 0. The first-order chi connectivity index (χ1) is 8.22. The molecule has 0 saturated carbocycles. The fraction of sp³-hybridized carbons (Fsp3) is 0.286. The van der Waals surface area contributed by atoms with E-state index in [9.17, 15) is 0 Å². The maximum Gasteiger partial charge on any atom is 0.0593 e. The van der Waals surface area contributed by atoms with Crippen molar-refractivity contribution in [2.75, 3.05) is 7.05 Å². The third-order valence-corrected chi connectivity index (χ3v) is 2.97. The van der Waals surface area contributed by atoms with Crippen molar-refractivity contribution in [3.8, 4) is 0 Å². The van der Waals surface area contributed by atoms with Gasteiger partial charge in [-0.1, -0.05) is 23.8 Å². The molecule has 0 bridgehead atoms. The molecule has 0 aliphatic heterocycles. The molecule has 2 rings (SSSR count). The molecule has 0 saturated heterocycles. The molecule has 1 atom stereocenters. The third-order valence-electron chi connectivity index (χ3n) is 2.97. The lowest BCUT2D eigenvalue weighted by molar-refractivity contribution is 0.680. The van der Waals surface area contributed by atoms with E-state index in [1.54, 1.807) is 6.20 Å². The maximum atomic E-state index is 3.94. The Labute approximate surface area is 102 Å². The van der Waals surface area contributed by atoms with Crippen LogP contribution in [-0.4, -0.2) is 17.2 Å². The van der Waals surface area contributed by atoms with Gasteiger partial charge in [0, 0.05) is 6.20 Å². The average molecular weight is 227 g/mol. The molecule has 0 aliphatic rings. The molecule has 0 fully saturated rings. The predicted molar refractivity (Wildman–Crippen MR) is 68.9 cm³/mol. The lowest BCUT2D eigenvalue weighted by Crippen LogP contribution is -2.19. The monoisotopic (exact) mass is 227 g/mol. The Balaban J connectivity index is 2.46. The van der Waals surface area contributed by atoms with Crippen LogP contribution in [0.4, 0.5) is 0 Å². The van der Waals surface area contributed by atoms with E-state index in [4.69, 9.17) is 0 Å². The molecular weight excluding hydrogens is 210 g/mol. The summed E-state index contributed by atoms with van der Waals surface area (Å²) >= 11 is 0. The number of aryl methyl sites for hydroxylation is 2. The van der Waals surface area contributed by atoms with Crippen molar-refractivity contribution >= 4 is 0 Å². The molecule has 1 aromatic carbocycles. The number of aromatic nitrogens is 2. The summed E-state index contributed by atoms with van der Waals surface area (Å²) in [4.78, 5) is 0. The maximum absolute atomic E-state index is 3.94. The second-order valence-electron chi connectivity index (χ2n) is 4.26. The minimum absolute atomic E-state index is 0.172. The SMILES string of the molecule is CNC(c1ccnnc1)c1cc(C)ccc1C. The number of nitrogens with one attached hydrogen (secondary N) is 1. The normalized spacial score (nSPS) is 12.4. The van der Waals surface area contributed by atoms with E-state index in [-0.39, 0.29) is 6.04 Å². The first-order valence-electron chi connectivity index (χ1n) is 5.73. The summed E-state index contributed by atoms with van der Waals surface area (Å²) in [5.74, 6) is 0. The van der Waals surface area contributed by atoms with E-state index in [1.165, 1.54) is 16.7 Å². The molecule has 0 aliphatic carbocycles. The van der Waals surface area contributed by atoms with Gasteiger partial charge in [-0.05, 0) is 43.7 Å². The second-order valence-corrected chi connectivity index (χ2v) is 4.26. The van der Waals surface area contributed by atoms with Crippen LogP contribution in [0.3, 0.4) is 0 Å². The minimum Gasteiger partial charge on any atom is -0.309 e. The summed E-state index contributed by atoms with van der Waals surface area (Å²) in [5.41, 5.74) is 4.98. The largest absolute Gasteiger partial charge is 0.309 e. The van der Waals surface area contributed by atoms with Crippen LogP contribution < -0.4 is 5.32 Å². The average Bonchev–Trinajstić information content (AvgIpc) is 2.36. The Morgan fingerprint density at radius 3 is 2.59 bits per heavy atom. The van der Waals surface area contributed by atoms with Crippen molar-refractivity contribution in [3.63, 3.8) is 0 Å². The highest BCUT2D eigenvalue weighted by Crippen LogP contribution is 2.24. The van der Waals surface area contributed by atoms with Crippen LogP contribution in [0, 0.1) is 13.8 Å². The quantitative estimate of drug-likeness (QED) is 0.875. The van der Waals surface area contributed by atoms with Gasteiger partial charge in [0.25, 0.3) is 0 Å². The van der Waals surface area contributed by atoms with Gasteiger partial charge in [-0.25, -0.2) is 0 Å². The number of nitrogens with zero attached hydrogens (tertiary/aromatic N) is 2. The van der Waals surface area contributed by atoms with Gasteiger partial charge in [-0.2, -0.15) is 10.2 Å². The molecule has 1 N–H and O–H groups in total. The van der Waals surface area contributed by atoms with Gasteiger partial charge in [0.05, 0.1) is 12.2 Å². The van der Waals surface area contributed by atoms with Gasteiger partial charge in [-0.15, -0.1) is 0 Å². The number of benzene rings is 1. The molecular formula is C14H17N3. The third kappa shape index (κ3) is 2.50. The second kappa shape index (κ2) is 5.06. The first kappa shape index (κ1) is 11.7. The Bertz CT molecular complexity index is 494. The molecule has 3 nitrogen and oxygen atoms in total. The molecule has 1 heterocycles. The highest BCUT2D eigenvalue weighted by atomic mass is 15.1. The van der Waals surface area contributed by atoms with Crippen LogP contribution in [-0.2, 0) is 0 Å². The van der Waals surface area contributed by atoms with Crippen LogP contribution in [0.1, 0.15) is 28.3 Å². The fourth-order valence-corrected chi connectivity index (χ4v) is 2.04. The van der Waals surface area contributed by atoms with Crippen molar-refractivity contribution < 1.29 is 0 Å². The van der Waals surface area contributed by atoms with Crippen LogP contribution in [0.15, 0.2) is 36.7 Å². The van der Waals surface area contributed by atoms with Crippen molar-refractivity contribution in [2.24, 2.45) is 0 Å². The molecule has 0 amide bonds. The molecule has 1 aromatic heterocycles. The number of hydrogen-bond donors (Lipinski definition) is 1. The van der Waals surface area contributed by atoms with Gasteiger partial charge >= 0.3 is 0 Å². The van der Waals surface area contributed by atoms with Gasteiger partial charge in [-0.3, -0.25) is 0 Å². The Morgan fingerprint density at radius 2 is 1.94 bits per heavy atom. The summed E-state index contributed by atoms with van der Waals surface area (Å²) in [6.07, 6.45) is 3.54. The van der Waals surface area contributed by atoms with E-state index in [0.717, 1.165) is 5.56 Å². The van der Waals surface area contributed by atoms with Crippen molar-refractivity contribution in [2.45, 2.75) is 19.9 Å². The van der Waals surface area contributed by atoms with E-state index in [1.807, 2.05) is 19.3 Å². The highest BCUT2D eigenvalue weighted by Gasteiger charge is 2.14. The molecule has 17 heavy (non-hydrogen) atoms. The highest BCUT2D eigenvalue weighted by molar-refractivity contribution is 5.38. The van der Waals surface area contributed by atoms with Gasteiger partial charge in [0.1, 0.15) is 0 Å². The lowest BCUT2D eigenvalue weighted by atomic mass is 9.95. The summed E-state index contributed by atoms with van der Waals surface area (Å²) in [6.45, 7) is 4.24. The summed E-state index contributed by atoms with van der Waals surface area (Å²) in [7, 11) is 1.97. The predicted octanol–water partition coefficient (Wildman–Crippen LogP) is 2.40. The summed E-state index contributed by atoms with van der Waals surface area (Å²) in [5, 5.41) is 11.1. The molecule has 0 spiro atoms. The molecule has 3 heteroatoms. The van der Waals surface area contributed by atoms with Crippen molar-refractivity contribution in [3.05, 3.63) is 58.9 Å². The van der Waals surface area contributed by atoms with Crippen LogP contribution in [0.2, 0.25) is 0 Å². The van der Waals surface area contributed by atoms with Gasteiger partial charge in [0.15, 0.2) is 0 Å². The number of rotatable bonds is 3. The van der Waals surface area contributed by atoms with E-state index in [0.29, 0.717) is 0 Å². The fourth-order valence-electron chi connectivity index (χ4n) is 2.04. The standard InChI is InChI=1S/C14H17N3/c1-10-4-5-11(2)13(8-10)14(15-3)12-6-7-16-17-9-12/h4-9,14-15H,1-3H3. The molecule has 88 valence electrons. The smallest absolute Gasteiger partial charge is 0.0593 e.